The summed E-state index contributed by atoms with van der Waals surface area (Å²) < 4.78 is 0. The Labute approximate surface area is 113 Å². The SMILES string of the molecule is CN(C)C(=O)c1ccc2c(c1)CCN2C(=O)C1CC1. The van der Waals surface area contributed by atoms with E-state index in [-0.39, 0.29) is 17.7 Å². The van der Waals surface area contributed by atoms with Crippen LogP contribution in [0.2, 0.25) is 0 Å². The number of carbonyl (C=O) groups is 2. The van der Waals surface area contributed by atoms with Gasteiger partial charge in [0, 0.05) is 37.8 Å². The van der Waals surface area contributed by atoms with Gasteiger partial charge in [0.25, 0.3) is 5.91 Å². The summed E-state index contributed by atoms with van der Waals surface area (Å²) in [5, 5.41) is 0. The van der Waals surface area contributed by atoms with Crippen LogP contribution in [0.25, 0.3) is 0 Å². The van der Waals surface area contributed by atoms with Gasteiger partial charge in [0.05, 0.1) is 0 Å². The van der Waals surface area contributed by atoms with Gasteiger partial charge in [0.2, 0.25) is 5.91 Å². The molecule has 0 aromatic heterocycles. The molecule has 1 aliphatic carbocycles. The maximum atomic E-state index is 12.1. The second-order valence-electron chi connectivity index (χ2n) is 5.56. The first-order valence-electron chi connectivity index (χ1n) is 6.74. The van der Waals surface area contributed by atoms with E-state index in [2.05, 4.69) is 0 Å². The largest absolute Gasteiger partial charge is 0.345 e. The van der Waals surface area contributed by atoms with Crippen molar-refractivity contribution in [3.8, 4) is 0 Å². The smallest absolute Gasteiger partial charge is 0.253 e. The highest BCUT2D eigenvalue weighted by atomic mass is 16.2. The number of fused-ring (bicyclic) bond motifs is 1. The number of benzene rings is 1. The fraction of sp³-hybridized carbons (Fsp3) is 0.467. The summed E-state index contributed by atoms with van der Waals surface area (Å²) in [6.07, 6.45) is 2.91. The molecule has 2 aliphatic rings. The molecule has 4 nitrogen and oxygen atoms in total. The fourth-order valence-electron chi connectivity index (χ4n) is 2.57. The molecule has 1 aromatic rings. The Balaban J connectivity index is 1.87. The van der Waals surface area contributed by atoms with Crippen molar-refractivity contribution in [1.29, 1.82) is 0 Å². The van der Waals surface area contributed by atoms with Gasteiger partial charge in [0.15, 0.2) is 0 Å². The maximum Gasteiger partial charge on any atom is 0.253 e. The zero-order valence-electron chi connectivity index (χ0n) is 11.3. The zero-order valence-corrected chi connectivity index (χ0v) is 11.3. The molecule has 2 amide bonds. The monoisotopic (exact) mass is 258 g/mol. The minimum Gasteiger partial charge on any atom is -0.345 e. The van der Waals surface area contributed by atoms with Crippen LogP contribution >= 0.6 is 0 Å². The molecular formula is C15H18N2O2. The summed E-state index contributed by atoms with van der Waals surface area (Å²) in [5.41, 5.74) is 2.80. The Kier molecular flexibility index (Phi) is 2.81. The zero-order chi connectivity index (χ0) is 13.6. The Hall–Kier alpha value is -1.84. The van der Waals surface area contributed by atoms with Crippen LogP contribution in [0.15, 0.2) is 18.2 Å². The number of amides is 2. The number of nitrogens with zero attached hydrogens (tertiary/aromatic N) is 2. The van der Waals surface area contributed by atoms with Gasteiger partial charge in [0.1, 0.15) is 0 Å². The molecule has 4 heteroatoms. The second kappa shape index (κ2) is 4.37. The highest BCUT2D eigenvalue weighted by Gasteiger charge is 2.36. The number of hydrogen-bond donors (Lipinski definition) is 0. The fourth-order valence-corrected chi connectivity index (χ4v) is 2.57. The molecule has 1 aliphatic heterocycles. The topological polar surface area (TPSA) is 40.6 Å². The van der Waals surface area contributed by atoms with Crippen LogP contribution in [0.3, 0.4) is 0 Å². The van der Waals surface area contributed by atoms with Crippen molar-refractivity contribution in [2.75, 3.05) is 25.5 Å². The third-order valence-electron chi connectivity index (χ3n) is 3.82. The van der Waals surface area contributed by atoms with Crippen LogP contribution in [-0.4, -0.2) is 37.4 Å². The van der Waals surface area contributed by atoms with E-state index in [1.165, 1.54) is 0 Å². The van der Waals surface area contributed by atoms with E-state index in [1.54, 1.807) is 19.0 Å². The molecule has 1 fully saturated rings. The van der Waals surface area contributed by atoms with E-state index in [1.807, 2.05) is 23.1 Å². The predicted octanol–water partition coefficient (Wildman–Crippen LogP) is 1.69. The molecule has 0 saturated heterocycles. The summed E-state index contributed by atoms with van der Waals surface area (Å²) in [6.45, 7) is 0.754. The molecule has 0 N–H and O–H groups in total. The van der Waals surface area contributed by atoms with Gasteiger partial charge < -0.3 is 9.80 Å². The van der Waals surface area contributed by atoms with E-state index < -0.39 is 0 Å². The normalized spacial score (nSPS) is 17.3. The lowest BCUT2D eigenvalue weighted by Gasteiger charge is -2.17. The molecule has 1 aromatic carbocycles. The number of anilines is 1. The van der Waals surface area contributed by atoms with Crippen LogP contribution in [-0.2, 0) is 11.2 Å². The van der Waals surface area contributed by atoms with Crippen LogP contribution in [0.1, 0.15) is 28.8 Å². The molecule has 0 unspecified atom stereocenters. The quantitative estimate of drug-likeness (QED) is 0.810. The Morgan fingerprint density at radius 1 is 1.26 bits per heavy atom. The average molecular weight is 258 g/mol. The van der Waals surface area contributed by atoms with E-state index in [4.69, 9.17) is 0 Å². The highest BCUT2D eigenvalue weighted by Crippen LogP contribution is 2.36. The third kappa shape index (κ3) is 2.11. The minimum atomic E-state index is 0.00905. The van der Waals surface area contributed by atoms with Crippen LogP contribution < -0.4 is 4.90 Å². The van der Waals surface area contributed by atoms with Gasteiger partial charge in [-0.3, -0.25) is 9.59 Å². The molecule has 100 valence electrons. The Morgan fingerprint density at radius 2 is 2.00 bits per heavy atom. The molecule has 3 rings (SSSR count). The average Bonchev–Trinajstić information content (AvgIpc) is 3.16. The summed E-state index contributed by atoms with van der Waals surface area (Å²) in [4.78, 5) is 27.5. The van der Waals surface area contributed by atoms with Crippen molar-refractivity contribution in [3.05, 3.63) is 29.3 Å². The van der Waals surface area contributed by atoms with Gasteiger partial charge in [-0.05, 0) is 43.0 Å². The van der Waals surface area contributed by atoms with Gasteiger partial charge in [-0.15, -0.1) is 0 Å². The van der Waals surface area contributed by atoms with E-state index in [9.17, 15) is 9.59 Å². The van der Waals surface area contributed by atoms with E-state index in [0.717, 1.165) is 37.1 Å². The summed E-state index contributed by atoms with van der Waals surface area (Å²) >= 11 is 0. The van der Waals surface area contributed by atoms with Crippen molar-refractivity contribution in [2.45, 2.75) is 19.3 Å². The van der Waals surface area contributed by atoms with Crippen molar-refractivity contribution in [1.82, 2.24) is 4.90 Å². The lowest BCUT2D eigenvalue weighted by atomic mass is 10.1. The molecule has 0 spiro atoms. The van der Waals surface area contributed by atoms with Gasteiger partial charge in [-0.2, -0.15) is 0 Å². The molecule has 19 heavy (non-hydrogen) atoms. The lowest BCUT2D eigenvalue weighted by Crippen LogP contribution is -2.30. The maximum absolute atomic E-state index is 12.1. The van der Waals surface area contributed by atoms with Crippen molar-refractivity contribution < 1.29 is 9.59 Å². The van der Waals surface area contributed by atoms with Crippen LogP contribution in [0, 0.1) is 5.92 Å². The first-order chi connectivity index (χ1) is 9.08. The molecule has 0 atom stereocenters. The lowest BCUT2D eigenvalue weighted by molar-refractivity contribution is -0.119. The first kappa shape index (κ1) is 12.2. The van der Waals surface area contributed by atoms with E-state index >= 15 is 0 Å². The number of hydrogen-bond acceptors (Lipinski definition) is 2. The summed E-state index contributed by atoms with van der Waals surface area (Å²) in [7, 11) is 3.50. The van der Waals surface area contributed by atoms with Crippen molar-refractivity contribution in [2.24, 2.45) is 5.92 Å². The predicted molar refractivity (Wildman–Crippen MR) is 73.2 cm³/mol. The Bertz CT molecular complexity index is 547. The number of rotatable bonds is 2. The van der Waals surface area contributed by atoms with E-state index in [0.29, 0.717) is 5.56 Å². The van der Waals surface area contributed by atoms with Crippen LogP contribution in [0.4, 0.5) is 5.69 Å². The molecule has 0 bridgehead atoms. The third-order valence-corrected chi connectivity index (χ3v) is 3.82. The minimum absolute atomic E-state index is 0.00905. The second-order valence-corrected chi connectivity index (χ2v) is 5.56. The molecular weight excluding hydrogens is 240 g/mol. The summed E-state index contributed by atoms with van der Waals surface area (Å²) in [6, 6.07) is 5.66. The molecule has 0 radical (unpaired) electrons. The molecule has 1 saturated carbocycles. The van der Waals surface area contributed by atoms with Gasteiger partial charge in [-0.25, -0.2) is 0 Å². The van der Waals surface area contributed by atoms with Gasteiger partial charge in [-0.1, -0.05) is 0 Å². The van der Waals surface area contributed by atoms with Gasteiger partial charge >= 0.3 is 0 Å². The van der Waals surface area contributed by atoms with Crippen molar-refractivity contribution in [3.63, 3.8) is 0 Å². The summed E-state index contributed by atoms with van der Waals surface area (Å²) in [5.74, 6) is 0.509. The standard InChI is InChI=1S/C15H18N2O2/c1-16(2)14(18)12-5-6-13-11(9-12)7-8-17(13)15(19)10-3-4-10/h5-6,9-10H,3-4,7-8H2,1-2H3. The molecule has 1 heterocycles. The Morgan fingerprint density at radius 3 is 2.63 bits per heavy atom. The first-order valence-corrected chi connectivity index (χ1v) is 6.74. The van der Waals surface area contributed by atoms with Crippen LogP contribution in [0.5, 0.6) is 0 Å². The number of carbonyl (C=O) groups excluding carboxylic acids is 2. The van der Waals surface area contributed by atoms with Crippen molar-refractivity contribution >= 4 is 17.5 Å². The highest BCUT2D eigenvalue weighted by molar-refractivity contribution is 6.00.